The van der Waals surface area contributed by atoms with Gasteiger partial charge in [-0.1, -0.05) is 6.07 Å². The van der Waals surface area contributed by atoms with Crippen molar-refractivity contribution in [2.45, 2.75) is 39.8 Å². The third kappa shape index (κ3) is 3.41. The van der Waals surface area contributed by atoms with Crippen LogP contribution in [0, 0.1) is 12.8 Å². The van der Waals surface area contributed by atoms with Crippen LogP contribution in [0.15, 0.2) is 16.9 Å². The first kappa shape index (κ1) is 17.9. The lowest BCUT2D eigenvalue weighted by Crippen LogP contribution is -2.33. The highest BCUT2D eigenvalue weighted by Crippen LogP contribution is 2.25. The summed E-state index contributed by atoms with van der Waals surface area (Å²) in [6.07, 6.45) is 0.985. The molecule has 0 bridgehead atoms. The largest absolute Gasteiger partial charge is 0.381 e. The molecule has 0 spiro atoms. The lowest BCUT2D eigenvalue weighted by atomic mass is 10.0. The van der Waals surface area contributed by atoms with Gasteiger partial charge in [0.05, 0.1) is 17.5 Å². The Morgan fingerprint density at radius 1 is 1.48 bits per heavy atom. The van der Waals surface area contributed by atoms with Crippen LogP contribution in [0.25, 0.3) is 10.9 Å². The fourth-order valence-electron chi connectivity index (χ4n) is 3.42. The summed E-state index contributed by atoms with van der Waals surface area (Å²) >= 11 is 0. The summed E-state index contributed by atoms with van der Waals surface area (Å²) in [6.45, 7) is 8.88. The first-order chi connectivity index (χ1) is 11.9. The van der Waals surface area contributed by atoms with E-state index in [1.165, 1.54) is 0 Å². The number of anilines is 1. The standard InChI is InChI=1S/C19H28N4O2/c1-5-22(4)19-21-17-15(13(3)20)8-12(2)9-16(17)18(24)23(19)10-14-6-7-25-11-14/h8-9,13-14H,5-7,10-11,20H2,1-4H3. The minimum Gasteiger partial charge on any atom is -0.381 e. The summed E-state index contributed by atoms with van der Waals surface area (Å²) in [5.74, 6) is 1.07. The number of nitrogens with two attached hydrogens (primary N) is 1. The van der Waals surface area contributed by atoms with Gasteiger partial charge in [-0.2, -0.15) is 0 Å². The zero-order chi connectivity index (χ0) is 18.1. The molecule has 0 saturated carbocycles. The number of aromatic nitrogens is 2. The first-order valence-electron chi connectivity index (χ1n) is 9.02. The lowest BCUT2D eigenvalue weighted by molar-refractivity contribution is 0.182. The van der Waals surface area contributed by atoms with Gasteiger partial charge in [-0.3, -0.25) is 9.36 Å². The summed E-state index contributed by atoms with van der Waals surface area (Å²) in [6, 6.07) is 3.78. The molecule has 1 aliphatic heterocycles. The van der Waals surface area contributed by atoms with Gasteiger partial charge >= 0.3 is 0 Å². The van der Waals surface area contributed by atoms with Crippen LogP contribution in [0.3, 0.4) is 0 Å². The fraction of sp³-hybridized carbons (Fsp3) is 0.579. The van der Waals surface area contributed by atoms with Crippen LogP contribution in [0.1, 0.15) is 37.4 Å². The van der Waals surface area contributed by atoms with Gasteiger partial charge < -0.3 is 15.4 Å². The van der Waals surface area contributed by atoms with E-state index in [4.69, 9.17) is 15.5 Å². The van der Waals surface area contributed by atoms with Crippen LogP contribution in [0.2, 0.25) is 0 Å². The maximum absolute atomic E-state index is 13.3. The molecule has 1 saturated heterocycles. The monoisotopic (exact) mass is 344 g/mol. The maximum Gasteiger partial charge on any atom is 0.262 e. The Hall–Kier alpha value is -1.92. The Labute approximate surface area is 148 Å². The summed E-state index contributed by atoms with van der Waals surface area (Å²) in [7, 11) is 1.97. The van der Waals surface area contributed by atoms with E-state index in [2.05, 4.69) is 6.92 Å². The van der Waals surface area contributed by atoms with Crippen LogP contribution in [0.4, 0.5) is 5.95 Å². The third-order valence-electron chi connectivity index (χ3n) is 4.98. The predicted molar refractivity (Wildman–Crippen MR) is 101 cm³/mol. The summed E-state index contributed by atoms with van der Waals surface area (Å²) in [4.78, 5) is 20.2. The van der Waals surface area contributed by atoms with Crippen molar-refractivity contribution in [3.63, 3.8) is 0 Å². The van der Waals surface area contributed by atoms with E-state index in [1.54, 1.807) is 0 Å². The first-order valence-corrected chi connectivity index (χ1v) is 9.02. The number of nitrogens with zero attached hydrogens (tertiary/aromatic N) is 3. The zero-order valence-electron chi connectivity index (χ0n) is 15.6. The van der Waals surface area contributed by atoms with E-state index < -0.39 is 0 Å². The molecule has 1 fully saturated rings. The van der Waals surface area contributed by atoms with Crippen molar-refractivity contribution < 1.29 is 4.74 Å². The van der Waals surface area contributed by atoms with Gasteiger partial charge in [0.15, 0.2) is 0 Å². The minimum absolute atomic E-state index is 0.0119. The molecule has 1 aliphatic rings. The van der Waals surface area contributed by atoms with Gasteiger partial charge in [-0.25, -0.2) is 4.98 Å². The van der Waals surface area contributed by atoms with E-state index in [0.717, 1.165) is 36.2 Å². The number of benzene rings is 1. The van der Waals surface area contributed by atoms with Crippen LogP contribution in [-0.4, -0.2) is 36.4 Å². The van der Waals surface area contributed by atoms with Crippen LogP contribution < -0.4 is 16.2 Å². The molecular weight excluding hydrogens is 316 g/mol. The molecule has 6 heteroatoms. The number of fused-ring (bicyclic) bond motifs is 1. The molecule has 2 N–H and O–H groups in total. The minimum atomic E-state index is -0.173. The van der Waals surface area contributed by atoms with Gasteiger partial charge in [0.2, 0.25) is 5.95 Å². The van der Waals surface area contributed by atoms with E-state index in [1.807, 2.05) is 42.5 Å². The van der Waals surface area contributed by atoms with E-state index in [9.17, 15) is 4.79 Å². The smallest absolute Gasteiger partial charge is 0.262 e. The second-order valence-corrected chi connectivity index (χ2v) is 7.11. The molecule has 2 aromatic rings. The number of rotatable bonds is 5. The molecule has 2 unspecified atom stereocenters. The average molecular weight is 344 g/mol. The number of hydrogen-bond acceptors (Lipinski definition) is 5. The van der Waals surface area contributed by atoms with Gasteiger partial charge in [0.25, 0.3) is 5.56 Å². The van der Waals surface area contributed by atoms with Gasteiger partial charge in [0, 0.05) is 38.7 Å². The Bertz CT molecular complexity index is 822. The molecule has 25 heavy (non-hydrogen) atoms. The third-order valence-corrected chi connectivity index (χ3v) is 4.98. The van der Waals surface area contributed by atoms with Crippen molar-refractivity contribution >= 4 is 16.9 Å². The van der Waals surface area contributed by atoms with Crippen molar-refractivity contribution in [2.24, 2.45) is 11.7 Å². The second-order valence-electron chi connectivity index (χ2n) is 7.11. The Morgan fingerprint density at radius 2 is 2.24 bits per heavy atom. The average Bonchev–Trinajstić information content (AvgIpc) is 3.09. The molecular formula is C19H28N4O2. The maximum atomic E-state index is 13.3. The van der Waals surface area contributed by atoms with Crippen molar-refractivity contribution in [1.82, 2.24) is 9.55 Å². The predicted octanol–water partition coefficient (Wildman–Crippen LogP) is 2.22. The van der Waals surface area contributed by atoms with Crippen LogP contribution >= 0.6 is 0 Å². The molecule has 0 aliphatic carbocycles. The van der Waals surface area contributed by atoms with Gasteiger partial charge in [-0.05, 0) is 44.4 Å². The Balaban J connectivity index is 2.25. The lowest BCUT2D eigenvalue weighted by Gasteiger charge is -2.24. The molecule has 3 rings (SSSR count). The van der Waals surface area contributed by atoms with Crippen molar-refractivity contribution in [1.29, 1.82) is 0 Å². The second kappa shape index (κ2) is 7.14. The van der Waals surface area contributed by atoms with E-state index in [-0.39, 0.29) is 11.6 Å². The van der Waals surface area contributed by atoms with Crippen molar-refractivity contribution in [2.75, 3.05) is 31.7 Å². The highest BCUT2D eigenvalue weighted by molar-refractivity contribution is 5.83. The van der Waals surface area contributed by atoms with E-state index in [0.29, 0.717) is 30.4 Å². The molecule has 136 valence electrons. The molecule has 6 nitrogen and oxygen atoms in total. The molecule has 1 aromatic heterocycles. The molecule has 2 heterocycles. The van der Waals surface area contributed by atoms with Crippen LogP contribution in [0.5, 0.6) is 0 Å². The SMILES string of the molecule is CCN(C)c1nc2c(C(C)N)cc(C)cc2c(=O)n1CC1CCOC1. The Kier molecular flexibility index (Phi) is 5.11. The molecule has 1 aromatic carbocycles. The number of ether oxygens (including phenoxy) is 1. The quantitative estimate of drug-likeness (QED) is 0.900. The summed E-state index contributed by atoms with van der Waals surface area (Å²) in [5.41, 5.74) is 8.84. The fourth-order valence-corrected chi connectivity index (χ4v) is 3.42. The highest BCUT2D eigenvalue weighted by Gasteiger charge is 2.22. The normalized spacial score (nSPS) is 18.7. The van der Waals surface area contributed by atoms with Crippen molar-refractivity contribution in [3.05, 3.63) is 33.6 Å². The highest BCUT2D eigenvalue weighted by atomic mass is 16.5. The number of aryl methyl sites for hydroxylation is 1. The zero-order valence-corrected chi connectivity index (χ0v) is 15.6. The van der Waals surface area contributed by atoms with Gasteiger partial charge in [0.1, 0.15) is 0 Å². The topological polar surface area (TPSA) is 73.4 Å². The van der Waals surface area contributed by atoms with Crippen molar-refractivity contribution in [3.8, 4) is 0 Å². The molecule has 0 amide bonds. The number of hydrogen-bond donors (Lipinski definition) is 1. The van der Waals surface area contributed by atoms with Crippen LogP contribution in [-0.2, 0) is 11.3 Å². The Morgan fingerprint density at radius 3 is 2.84 bits per heavy atom. The molecule has 2 atom stereocenters. The molecule has 0 radical (unpaired) electrons. The summed E-state index contributed by atoms with van der Waals surface area (Å²) in [5, 5.41) is 0.652. The summed E-state index contributed by atoms with van der Waals surface area (Å²) < 4.78 is 7.30. The van der Waals surface area contributed by atoms with E-state index >= 15 is 0 Å². The van der Waals surface area contributed by atoms with Gasteiger partial charge in [-0.15, -0.1) is 0 Å².